The summed E-state index contributed by atoms with van der Waals surface area (Å²) in [5.41, 5.74) is 17.5. The molecular weight excluding hydrogens is 629 g/mol. The Morgan fingerprint density at radius 1 is 0.404 bits per heavy atom. The normalized spacial score (nSPS) is 11.6. The lowest BCUT2D eigenvalue weighted by Crippen LogP contribution is -2.11. The SMILES string of the molecule is Cc1ccc(-c2cc(-c3ccccc3)cc(-c3ccc(-c4cccc(-c5cc(C(C)(C)C)ccn5)c4)c4cnc(-c5ccccc5)cc34)c2)c(C)c1. The van der Waals surface area contributed by atoms with Crippen molar-refractivity contribution >= 4 is 10.8 Å². The number of fused-ring (bicyclic) bond motifs is 1. The molecule has 0 fully saturated rings. The smallest absolute Gasteiger partial charge is 0.0708 e. The van der Waals surface area contributed by atoms with Crippen LogP contribution in [0.5, 0.6) is 0 Å². The van der Waals surface area contributed by atoms with E-state index in [0.29, 0.717) is 0 Å². The summed E-state index contributed by atoms with van der Waals surface area (Å²) < 4.78 is 0. The third kappa shape index (κ3) is 6.56. The van der Waals surface area contributed by atoms with Crippen molar-refractivity contribution in [1.82, 2.24) is 9.97 Å². The number of nitrogens with zero attached hydrogens (tertiary/aromatic N) is 2. The third-order valence-corrected chi connectivity index (χ3v) is 10.1. The summed E-state index contributed by atoms with van der Waals surface area (Å²) in [5.74, 6) is 0. The first-order valence-electron chi connectivity index (χ1n) is 18.1. The molecule has 2 nitrogen and oxygen atoms in total. The third-order valence-electron chi connectivity index (χ3n) is 10.1. The van der Waals surface area contributed by atoms with Gasteiger partial charge in [-0.25, -0.2) is 0 Å². The van der Waals surface area contributed by atoms with Crippen molar-refractivity contribution in [2.75, 3.05) is 0 Å². The highest BCUT2D eigenvalue weighted by Gasteiger charge is 2.17. The maximum Gasteiger partial charge on any atom is 0.0708 e. The second-order valence-corrected chi connectivity index (χ2v) is 14.9. The molecule has 52 heavy (non-hydrogen) atoms. The summed E-state index contributed by atoms with van der Waals surface area (Å²) in [7, 11) is 0. The molecule has 2 aromatic heterocycles. The lowest BCUT2D eigenvalue weighted by molar-refractivity contribution is 0.589. The van der Waals surface area contributed by atoms with E-state index in [9.17, 15) is 0 Å². The van der Waals surface area contributed by atoms with Crippen molar-refractivity contribution in [1.29, 1.82) is 0 Å². The molecule has 0 spiro atoms. The summed E-state index contributed by atoms with van der Waals surface area (Å²) in [6.45, 7) is 11.1. The monoisotopic (exact) mass is 670 g/mol. The zero-order chi connectivity index (χ0) is 35.8. The average molecular weight is 671 g/mol. The molecule has 0 atom stereocenters. The number of benzene rings is 6. The van der Waals surface area contributed by atoms with Crippen LogP contribution in [0, 0.1) is 13.8 Å². The van der Waals surface area contributed by atoms with Gasteiger partial charge in [-0.3, -0.25) is 9.97 Å². The fraction of sp³-hybridized carbons (Fsp3) is 0.120. The minimum atomic E-state index is 0.0410. The van der Waals surface area contributed by atoms with Gasteiger partial charge < -0.3 is 0 Å². The van der Waals surface area contributed by atoms with Gasteiger partial charge in [0.15, 0.2) is 0 Å². The van der Waals surface area contributed by atoms with Gasteiger partial charge in [-0.1, -0.05) is 136 Å². The predicted molar refractivity (Wildman–Crippen MR) is 220 cm³/mol. The first-order chi connectivity index (χ1) is 25.2. The standard InChI is InChI=1S/C50H42N2/c1-33-19-20-43(34(2)25-33)40-27-39(35-13-8-6-9-14-35)28-41(29-40)45-22-21-44(47-32-52-49(31-46(45)47)36-15-10-7-11-16-36)37-17-12-18-38(26-37)48-30-42(23-24-51-48)50(3,4)5/h6-32H,1-5H3. The number of rotatable bonds is 6. The molecule has 0 N–H and O–H groups in total. The Kier molecular flexibility index (Phi) is 8.61. The van der Waals surface area contributed by atoms with Crippen molar-refractivity contribution in [3.05, 3.63) is 181 Å². The fourth-order valence-corrected chi connectivity index (χ4v) is 7.28. The molecule has 0 saturated heterocycles. The zero-order valence-electron chi connectivity index (χ0n) is 30.5. The Morgan fingerprint density at radius 2 is 0.981 bits per heavy atom. The number of aromatic nitrogens is 2. The Morgan fingerprint density at radius 3 is 1.69 bits per heavy atom. The fourth-order valence-electron chi connectivity index (χ4n) is 7.28. The number of hydrogen-bond donors (Lipinski definition) is 0. The van der Waals surface area contributed by atoms with Crippen molar-refractivity contribution in [3.8, 4) is 67.0 Å². The number of pyridine rings is 2. The molecule has 0 bridgehead atoms. The van der Waals surface area contributed by atoms with E-state index in [4.69, 9.17) is 9.97 Å². The quantitative estimate of drug-likeness (QED) is 0.176. The molecule has 0 aliphatic carbocycles. The van der Waals surface area contributed by atoms with Crippen LogP contribution in [0.4, 0.5) is 0 Å². The molecule has 0 saturated carbocycles. The van der Waals surface area contributed by atoms with Crippen LogP contribution in [-0.2, 0) is 5.41 Å². The van der Waals surface area contributed by atoms with Gasteiger partial charge in [0.2, 0.25) is 0 Å². The van der Waals surface area contributed by atoms with E-state index in [2.05, 4.69) is 192 Å². The maximum absolute atomic E-state index is 5.06. The molecule has 2 heterocycles. The maximum atomic E-state index is 5.06. The predicted octanol–water partition coefficient (Wildman–Crippen LogP) is 13.5. The summed E-state index contributed by atoms with van der Waals surface area (Å²) in [5, 5.41) is 2.28. The van der Waals surface area contributed by atoms with E-state index in [1.54, 1.807) is 0 Å². The molecule has 0 unspecified atom stereocenters. The topological polar surface area (TPSA) is 25.8 Å². The molecule has 0 amide bonds. The van der Waals surface area contributed by atoms with Crippen LogP contribution in [0.25, 0.3) is 77.8 Å². The molecule has 0 radical (unpaired) electrons. The summed E-state index contributed by atoms with van der Waals surface area (Å²) >= 11 is 0. The van der Waals surface area contributed by atoms with Crippen LogP contribution in [-0.4, -0.2) is 9.97 Å². The molecule has 8 rings (SSSR count). The summed E-state index contributed by atoms with van der Waals surface area (Å²) in [6.07, 6.45) is 3.99. The van der Waals surface area contributed by atoms with E-state index < -0.39 is 0 Å². The van der Waals surface area contributed by atoms with Gasteiger partial charge >= 0.3 is 0 Å². The molecule has 252 valence electrons. The highest BCUT2D eigenvalue weighted by atomic mass is 14.7. The largest absolute Gasteiger partial charge is 0.256 e. The van der Waals surface area contributed by atoms with Crippen molar-refractivity contribution < 1.29 is 0 Å². The zero-order valence-corrected chi connectivity index (χ0v) is 30.5. The van der Waals surface area contributed by atoms with E-state index in [-0.39, 0.29) is 5.41 Å². The molecule has 2 heteroatoms. The number of hydrogen-bond acceptors (Lipinski definition) is 2. The highest BCUT2D eigenvalue weighted by Crippen LogP contribution is 2.41. The summed E-state index contributed by atoms with van der Waals surface area (Å²) in [6, 6.07) is 54.9. The molecule has 0 aliphatic heterocycles. The highest BCUT2D eigenvalue weighted by molar-refractivity contribution is 6.06. The van der Waals surface area contributed by atoms with Crippen LogP contribution in [0.1, 0.15) is 37.5 Å². The van der Waals surface area contributed by atoms with Gasteiger partial charge in [-0.05, 0) is 123 Å². The first kappa shape index (κ1) is 33.0. The summed E-state index contributed by atoms with van der Waals surface area (Å²) in [4.78, 5) is 9.84. The first-order valence-corrected chi connectivity index (χ1v) is 18.1. The molecule has 6 aromatic carbocycles. The van der Waals surface area contributed by atoms with Gasteiger partial charge in [0.1, 0.15) is 0 Å². The number of aryl methyl sites for hydroxylation is 2. The van der Waals surface area contributed by atoms with Gasteiger partial charge in [0.25, 0.3) is 0 Å². The van der Waals surface area contributed by atoms with E-state index in [1.807, 2.05) is 6.20 Å². The van der Waals surface area contributed by atoms with Crippen LogP contribution in [0.15, 0.2) is 164 Å². The molecular formula is C50H42N2. The Labute approximate surface area is 307 Å². The Bertz CT molecular complexity index is 2560. The van der Waals surface area contributed by atoms with E-state index in [1.165, 1.54) is 55.5 Å². The van der Waals surface area contributed by atoms with Crippen molar-refractivity contribution in [2.45, 2.75) is 40.0 Å². The van der Waals surface area contributed by atoms with Crippen molar-refractivity contribution in [3.63, 3.8) is 0 Å². The van der Waals surface area contributed by atoms with Crippen LogP contribution in [0.3, 0.4) is 0 Å². The van der Waals surface area contributed by atoms with Crippen LogP contribution in [0.2, 0.25) is 0 Å². The van der Waals surface area contributed by atoms with Crippen LogP contribution < -0.4 is 0 Å². The van der Waals surface area contributed by atoms with E-state index >= 15 is 0 Å². The second-order valence-electron chi connectivity index (χ2n) is 14.9. The van der Waals surface area contributed by atoms with E-state index in [0.717, 1.165) is 39.0 Å². The van der Waals surface area contributed by atoms with Crippen LogP contribution >= 0.6 is 0 Å². The molecule has 8 aromatic rings. The average Bonchev–Trinajstić information content (AvgIpc) is 3.17. The Hall–Kier alpha value is -6.12. The van der Waals surface area contributed by atoms with Gasteiger partial charge in [-0.15, -0.1) is 0 Å². The minimum absolute atomic E-state index is 0.0410. The van der Waals surface area contributed by atoms with Gasteiger partial charge in [0.05, 0.1) is 11.4 Å². The van der Waals surface area contributed by atoms with Crippen molar-refractivity contribution in [2.24, 2.45) is 0 Å². The lowest BCUT2D eigenvalue weighted by atomic mass is 9.86. The minimum Gasteiger partial charge on any atom is -0.256 e. The Balaban J connectivity index is 1.35. The lowest BCUT2D eigenvalue weighted by Gasteiger charge is -2.19. The molecule has 0 aliphatic rings. The second kappa shape index (κ2) is 13.5. The van der Waals surface area contributed by atoms with Gasteiger partial charge in [-0.2, -0.15) is 0 Å². The van der Waals surface area contributed by atoms with Gasteiger partial charge in [0, 0.05) is 28.9 Å².